The van der Waals surface area contributed by atoms with Crippen LogP contribution < -0.4 is 0 Å². The van der Waals surface area contributed by atoms with Crippen molar-refractivity contribution < 1.29 is 9.53 Å². The summed E-state index contributed by atoms with van der Waals surface area (Å²) in [7, 11) is 1.46. The predicted molar refractivity (Wildman–Crippen MR) is 82.8 cm³/mol. The van der Waals surface area contributed by atoms with Crippen LogP contribution in [0.25, 0.3) is 5.57 Å². The molecule has 0 spiro atoms. The first-order valence-corrected chi connectivity index (χ1v) is 7.93. The Balaban J connectivity index is 1.94. The summed E-state index contributed by atoms with van der Waals surface area (Å²) in [6.45, 7) is 0. The van der Waals surface area contributed by atoms with Gasteiger partial charge in [0.05, 0.1) is 24.9 Å². The first-order valence-electron chi connectivity index (χ1n) is 7.93. The standard InChI is InChI=1S/C17H21N3O2/c1-22-17(21)14-6-4-2-3-5-12-7-8-13(9-12)16-15(10-14)11-18-20-19-16/h8-9,11,14H,2-7,10H2,1H3. The lowest BCUT2D eigenvalue weighted by Crippen LogP contribution is -2.20. The Morgan fingerprint density at radius 3 is 3.09 bits per heavy atom. The molecule has 0 radical (unpaired) electrons. The Hall–Kier alpha value is -2.04. The topological polar surface area (TPSA) is 65.0 Å². The first-order chi connectivity index (χ1) is 10.8. The summed E-state index contributed by atoms with van der Waals surface area (Å²) >= 11 is 0. The summed E-state index contributed by atoms with van der Waals surface area (Å²) in [6.07, 6.45) is 13.1. The van der Waals surface area contributed by atoms with Gasteiger partial charge in [-0.3, -0.25) is 4.79 Å². The number of carbonyl (C=O) groups excluding carboxylic acids is 1. The third-order valence-corrected chi connectivity index (χ3v) is 4.48. The van der Waals surface area contributed by atoms with Gasteiger partial charge in [-0.2, -0.15) is 0 Å². The van der Waals surface area contributed by atoms with Crippen LogP contribution in [0.5, 0.6) is 0 Å². The van der Waals surface area contributed by atoms with Crippen LogP contribution in [0.15, 0.2) is 23.9 Å². The van der Waals surface area contributed by atoms with Gasteiger partial charge < -0.3 is 4.74 Å². The molecule has 1 heterocycles. The number of methoxy groups -OCH3 is 1. The second-order valence-electron chi connectivity index (χ2n) is 6.00. The average Bonchev–Trinajstić information content (AvgIpc) is 3.01. The Morgan fingerprint density at radius 1 is 1.32 bits per heavy atom. The molecule has 116 valence electrons. The molecule has 2 aliphatic carbocycles. The number of hydrogen-bond acceptors (Lipinski definition) is 5. The summed E-state index contributed by atoms with van der Waals surface area (Å²) in [6, 6.07) is 0. The fourth-order valence-corrected chi connectivity index (χ4v) is 3.26. The van der Waals surface area contributed by atoms with E-state index in [4.69, 9.17) is 4.74 Å². The van der Waals surface area contributed by atoms with E-state index in [0.717, 1.165) is 48.9 Å². The van der Waals surface area contributed by atoms with Gasteiger partial charge >= 0.3 is 5.97 Å². The van der Waals surface area contributed by atoms with Gasteiger partial charge in [-0.15, -0.1) is 10.2 Å². The van der Waals surface area contributed by atoms with E-state index < -0.39 is 0 Å². The zero-order valence-corrected chi connectivity index (χ0v) is 12.9. The van der Waals surface area contributed by atoms with Gasteiger partial charge in [0.15, 0.2) is 0 Å². The minimum absolute atomic E-state index is 0.125. The molecule has 2 bridgehead atoms. The molecule has 1 aromatic rings. The molecule has 0 saturated carbocycles. The molecule has 0 aliphatic heterocycles. The molecule has 1 unspecified atom stereocenters. The fraction of sp³-hybridized carbons (Fsp3) is 0.529. The van der Waals surface area contributed by atoms with Crippen LogP contribution in [0.2, 0.25) is 0 Å². The molecule has 3 rings (SSSR count). The largest absolute Gasteiger partial charge is 0.469 e. The van der Waals surface area contributed by atoms with Crippen molar-refractivity contribution in [2.75, 3.05) is 7.11 Å². The van der Waals surface area contributed by atoms with Crippen molar-refractivity contribution >= 4 is 11.5 Å². The van der Waals surface area contributed by atoms with Crippen molar-refractivity contribution in [3.05, 3.63) is 35.2 Å². The lowest BCUT2D eigenvalue weighted by atomic mass is 9.91. The zero-order valence-electron chi connectivity index (χ0n) is 12.9. The van der Waals surface area contributed by atoms with Gasteiger partial charge in [0.25, 0.3) is 0 Å². The molecule has 0 amide bonds. The molecule has 5 heteroatoms. The van der Waals surface area contributed by atoms with Gasteiger partial charge in [0.2, 0.25) is 0 Å². The Labute approximate surface area is 130 Å². The molecular formula is C17H21N3O2. The number of nitrogens with zero attached hydrogens (tertiary/aromatic N) is 3. The van der Waals surface area contributed by atoms with E-state index in [-0.39, 0.29) is 11.9 Å². The monoisotopic (exact) mass is 299 g/mol. The molecule has 1 aromatic heterocycles. The number of ether oxygens (including phenoxy) is 1. The van der Waals surface area contributed by atoms with Crippen molar-refractivity contribution in [3.8, 4) is 0 Å². The summed E-state index contributed by atoms with van der Waals surface area (Å²) in [5.74, 6) is -0.268. The number of fused-ring (bicyclic) bond motifs is 3. The van der Waals surface area contributed by atoms with Crippen LogP contribution in [-0.4, -0.2) is 28.5 Å². The highest BCUT2D eigenvalue weighted by Gasteiger charge is 2.23. The maximum Gasteiger partial charge on any atom is 0.308 e. The number of esters is 1. The maximum atomic E-state index is 12.0. The zero-order chi connectivity index (χ0) is 15.4. The van der Waals surface area contributed by atoms with Crippen LogP contribution in [0, 0.1) is 5.92 Å². The third-order valence-electron chi connectivity index (χ3n) is 4.48. The van der Waals surface area contributed by atoms with Gasteiger partial charge in [0.1, 0.15) is 0 Å². The summed E-state index contributed by atoms with van der Waals surface area (Å²) in [5.41, 5.74) is 4.42. The molecule has 22 heavy (non-hydrogen) atoms. The van der Waals surface area contributed by atoms with E-state index in [2.05, 4.69) is 27.6 Å². The molecular weight excluding hydrogens is 278 g/mol. The van der Waals surface area contributed by atoms with Crippen molar-refractivity contribution in [1.29, 1.82) is 0 Å². The summed E-state index contributed by atoms with van der Waals surface area (Å²) in [4.78, 5) is 12.0. The van der Waals surface area contributed by atoms with Crippen LogP contribution in [0.4, 0.5) is 0 Å². The SMILES string of the molecule is COC(=O)C1CCCCCC2=CC(=CC2)c2nnncc2C1. The first kappa shape index (κ1) is 14.9. The van der Waals surface area contributed by atoms with Crippen molar-refractivity contribution in [3.63, 3.8) is 0 Å². The van der Waals surface area contributed by atoms with Crippen LogP contribution in [0.1, 0.15) is 49.8 Å². The number of aromatic nitrogens is 3. The molecule has 0 saturated heterocycles. The van der Waals surface area contributed by atoms with Crippen LogP contribution in [0.3, 0.4) is 0 Å². The summed E-state index contributed by atoms with van der Waals surface area (Å²) < 4.78 is 4.97. The second kappa shape index (κ2) is 6.81. The predicted octanol–water partition coefficient (Wildman–Crippen LogP) is 2.88. The van der Waals surface area contributed by atoms with Crippen LogP contribution in [-0.2, 0) is 16.0 Å². The Morgan fingerprint density at radius 2 is 2.23 bits per heavy atom. The van der Waals surface area contributed by atoms with E-state index in [0.29, 0.717) is 6.42 Å². The number of rotatable bonds is 1. The normalized spacial score (nSPS) is 21.8. The van der Waals surface area contributed by atoms with E-state index >= 15 is 0 Å². The highest BCUT2D eigenvalue weighted by atomic mass is 16.5. The minimum atomic E-state index is -0.142. The highest BCUT2D eigenvalue weighted by molar-refractivity contribution is 5.78. The van der Waals surface area contributed by atoms with Crippen LogP contribution >= 0.6 is 0 Å². The van der Waals surface area contributed by atoms with Crippen molar-refractivity contribution in [2.24, 2.45) is 5.92 Å². The average molecular weight is 299 g/mol. The third kappa shape index (κ3) is 3.24. The fourth-order valence-electron chi connectivity index (χ4n) is 3.26. The Kier molecular flexibility index (Phi) is 4.61. The van der Waals surface area contributed by atoms with Crippen molar-refractivity contribution in [1.82, 2.24) is 15.4 Å². The molecule has 5 nitrogen and oxygen atoms in total. The Bertz CT molecular complexity index is 622. The minimum Gasteiger partial charge on any atom is -0.469 e. The van der Waals surface area contributed by atoms with Crippen molar-refractivity contribution in [2.45, 2.75) is 44.9 Å². The van der Waals surface area contributed by atoms with Gasteiger partial charge in [0, 0.05) is 5.56 Å². The highest BCUT2D eigenvalue weighted by Crippen LogP contribution is 2.31. The van der Waals surface area contributed by atoms with Gasteiger partial charge in [-0.1, -0.05) is 30.6 Å². The van der Waals surface area contributed by atoms with E-state index in [9.17, 15) is 4.79 Å². The molecule has 0 N–H and O–H groups in total. The van der Waals surface area contributed by atoms with Gasteiger partial charge in [-0.05, 0) is 42.9 Å². The maximum absolute atomic E-state index is 12.0. The molecule has 0 aromatic carbocycles. The molecule has 1 atom stereocenters. The molecule has 2 aliphatic rings. The van der Waals surface area contributed by atoms with E-state index in [1.54, 1.807) is 6.20 Å². The summed E-state index contributed by atoms with van der Waals surface area (Å²) in [5, 5.41) is 11.9. The number of carbonyl (C=O) groups is 1. The smallest absolute Gasteiger partial charge is 0.308 e. The van der Waals surface area contributed by atoms with E-state index in [1.807, 2.05) is 0 Å². The quantitative estimate of drug-likeness (QED) is 0.746. The number of hydrogen-bond donors (Lipinski definition) is 0. The lowest BCUT2D eigenvalue weighted by molar-refractivity contribution is -0.145. The van der Waals surface area contributed by atoms with E-state index in [1.165, 1.54) is 19.1 Å². The second-order valence-corrected chi connectivity index (χ2v) is 6.00. The van der Waals surface area contributed by atoms with Gasteiger partial charge in [-0.25, -0.2) is 0 Å². The number of allylic oxidation sites excluding steroid dienone is 4. The molecule has 0 fully saturated rings. The lowest BCUT2D eigenvalue weighted by Gasteiger charge is -2.16.